The van der Waals surface area contributed by atoms with E-state index in [1.165, 1.54) is 11.8 Å². The average Bonchev–Trinajstić information content (AvgIpc) is 3.08. The fraction of sp³-hybridized carbons (Fsp3) is 0.231. The number of hydrogen-bond donors (Lipinski definition) is 2. The van der Waals surface area contributed by atoms with Crippen molar-refractivity contribution in [3.63, 3.8) is 0 Å². The predicted molar refractivity (Wildman–Crippen MR) is 76.8 cm³/mol. The van der Waals surface area contributed by atoms with Crippen molar-refractivity contribution in [3.05, 3.63) is 42.3 Å². The second kappa shape index (κ2) is 5.90. The summed E-state index contributed by atoms with van der Waals surface area (Å²) in [5.41, 5.74) is 0. The fourth-order valence-corrected chi connectivity index (χ4v) is 3.73. The lowest BCUT2D eigenvalue weighted by molar-refractivity contribution is -0.138. The quantitative estimate of drug-likeness (QED) is 0.899. The molecule has 0 amide bonds. The molecule has 1 aliphatic rings. The Morgan fingerprint density at radius 2 is 2.35 bits per heavy atom. The zero-order valence-corrected chi connectivity index (χ0v) is 12.0. The van der Waals surface area contributed by atoms with Gasteiger partial charge in [-0.3, -0.25) is 10.1 Å². The molecule has 1 saturated heterocycles. The lowest BCUT2D eigenvalue weighted by Crippen LogP contribution is -2.33. The maximum atomic E-state index is 10.9. The van der Waals surface area contributed by atoms with Crippen LogP contribution in [0.15, 0.2) is 51.1 Å². The van der Waals surface area contributed by atoms with Gasteiger partial charge in [0.25, 0.3) is 0 Å². The van der Waals surface area contributed by atoms with Gasteiger partial charge in [-0.1, -0.05) is 6.07 Å². The predicted octanol–water partition coefficient (Wildman–Crippen LogP) is 2.61. The molecule has 20 heavy (non-hydrogen) atoms. The molecule has 5 nitrogen and oxygen atoms in total. The van der Waals surface area contributed by atoms with Crippen molar-refractivity contribution in [3.8, 4) is 0 Å². The van der Waals surface area contributed by atoms with E-state index in [0.717, 1.165) is 15.9 Å². The van der Waals surface area contributed by atoms with Crippen LogP contribution in [0.1, 0.15) is 11.1 Å². The van der Waals surface area contributed by atoms with Crippen molar-refractivity contribution >= 4 is 29.5 Å². The van der Waals surface area contributed by atoms with Crippen molar-refractivity contribution in [2.45, 2.75) is 21.5 Å². The second-order valence-electron chi connectivity index (χ2n) is 4.20. The molecule has 2 aromatic heterocycles. The summed E-state index contributed by atoms with van der Waals surface area (Å²) in [6.45, 7) is 0. The molecular formula is C13H12N2O3S2. The smallest absolute Gasteiger partial charge is 0.321 e. The molecule has 0 spiro atoms. The van der Waals surface area contributed by atoms with Gasteiger partial charge in [-0.05, 0) is 36.0 Å². The van der Waals surface area contributed by atoms with Crippen LogP contribution in [0.2, 0.25) is 0 Å². The van der Waals surface area contributed by atoms with Crippen LogP contribution < -0.4 is 5.32 Å². The van der Waals surface area contributed by atoms with Crippen LogP contribution in [0.5, 0.6) is 0 Å². The number of thioether (sulfide) groups is 1. The molecule has 3 rings (SSSR count). The number of hydrogen-bond acceptors (Lipinski definition) is 6. The lowest BCUT2D eigenvalue weighted by atomic mass is 10.3. The standard InChI is InChI=1S/C13H12N2O3S2/c16-13(17)8-7-19-12(15-8)9-4-5-11(18-9)20-10-3-1-2-6-14-10/h1-6,8,12,15H,7H2,(H,16,17)/t8-,12-/m1/s1. The maximum absolute atomic E-state index is 10.9. The largest absolute Gasteiger partial charge is 0.480 e. The zero-order chi connectivity index (χ0) is 13.9. The summed E-state index contributed by atoms with van der Waals surface area (Å²) in [5, 5.41) is 13.5. The molecule has 2 atom stereocenters. The molecule has 0 radical (unpaired) electrons. The van der Waals surface area contributed by atoms with Crippen molar-refractivity contribution in [1.29, 1.82) is 0 Å². The highest BCUT2D eigenvalue weighted by Crippen LogP contribution is 2.36. The van der Waals surface area contributed by atoms with Crippen LogP contribution in [0.3, 0.4) is 0 Å². The number of nitrogens with zero attached hydrogens (tertiary/aromatic N) is 1. The SMILES string of the molecule is O=C(O)[C@H]1CS[C@H](c2ccc(Sc3ccccn3)o2)N1. The van der Waals surface area contributed by atoms with Crippen LogP contribution in [0, 0.1) is 0 Å². The molecule has 0 bridgehead atoms. The summed E-state index contributed by atoms with van der Waals surface area (Å²) in [5.74, 6) is 0.468. The van der Waals surface area contributed by atoms with Gasteiger partial charge < -0.3 is 9.52 Å². The molecule has 0 saturated carbocycles. The van der Waals surface area contributed by atoms with Gasteiger partial charge in [0.2, 0.25) is 0 Å². The summed E-state index contributed by atoms with van der Waals surface area (Å²) in [7, 11) is 0. The van der Waals surface area contributed by atoms with E-state index in [9.17, 15) is 4.79 Å². The number of aliphatic carboxylic acids is 1. The second-order valence-corrected chi connectivity index (χ2v) is 6.36. The molecule has 2 N–H and O–H groups in total. The van der Waals surface area contributed by atoms with Crippen LogP contribution in [-0.4, -0.2) is 27.9 Å². The monoisotopic (exact) mass is 308 g/mol. The molecule has 3 heterocycles. The van der Waals surface area contributed by atoms with Gasteiger partial charge >= 0.3 is 5.97 Å². The fourth-order valence-electron chi connectivity index (χ4n) is 1.82. The van der Waals surface area contributed by atoms with E-state index in [-0.39, 0.29) is 5.37 Å². The topological polar surface area (TPSA) is 75.4 Å². The van der Waals surface area contributed by atoms with Crippen molar-refractivity contribution in [2.24, 2.45) is 0 Å². The number of carboxylic acids is 1. The summed E-state index contributed by atoms with van der Waals surface area (Å²) in [4.78, 5) is 15.1. The van der Waals surface area contributed by atoms with Gasteiger partial charge in [0.05, 0.1) is 0 Å². The minimum absolute atomic E-state index is 0.103. The summed E-state index contributed by atoms with van der Waals surface area (Å²) >= 11 is 2.98. The highest BCUT2D eigenvalue weighted by atomic mass is 32.2. The van der Waals surface area contributed by atoms with Gasteiger partial charge in [-0.25, -0.2) is 4.98 Å². The third-order valence-corrected chi connectivity index (χ3v) is 4.88. The van der Waals surface area contributed by atoms with Gasteiger partial charge in [-0.15, -0.1) is 11.8 Å². The highest BCUT2D eigenvalue weighted by Gasteiger charge is 2.32. The lowest BCUT2D eigenvalue weighted by Gasteiger charge is -2.07. The number of pyridine rings is 1. The molecule has 0 unspecified atom stereocenters. The first-order valence-corrected chi connectivity index (χ1v) is 7.88. The number of rotatable bonds is 4. The molecule has 7 heteroatoms. The van der Waals surface area contributed by atoms with E-state index in [0.29, 0.717) is 5.75 Å². The molecule has 0 aromatic carbocycles. The maximum Gasteiger partial charge on any atom is 0.321 e. The van der Waals surface area contributed by atoms with Gasteiger partial charge in [-0.2, -0.15) is 0 Å². The first kappa shape index (κ1) is 13.5. The zero-order valence-electron chi connectivity index (χ0n) is 10.4. The van der Waals surface area contributed by atoms with Gasteiger partial charge in [0, 0.05) is 11.9 Å². The normalized spacial score (nSPS) is 22.0. The Labute approximate surface area is 124 Å². The highest BCUT2D eigenvalue weighted by molar-refractivity contribution is 7.99. The Kier molecular flexibility index (Phi) is 4.00. The molecule has 2 aromatic rings. The molecule has 104 valence electrons. The van der Waals surface area contributed by atoms with E-state index in [1.54, 1.807) is 18.0 Å². The van der Waals surface area contributed by atoms with Crippen LogP contribution >= 0.6 is 23.5 Å². The Morgan fingerprint density at radius 3 is 3.05 bits per heavy atom. The third-order valence-electron chi connectivity index (χ3n) is 2.78. The van der Waals surface area contributed by atoms with Gasteiger partial charge in [0.1, 0.15) is 22.2 Å². The number of nitrogens with one attached hydrogen (secondary N) is 1. The molecular weight excluding hydrogens is 296 g/mol. The Hall–Kier alpha value is -1.44. The van der Waals surface area contributed by atoms with E-state index in [4.69, 9.17) is 9.52 Å². The third kappa shape index (κ3) is 3.00. The number of carboxylic acid groups (broad SMARTS) is 1. The van der Waals surface area contributed by atoms with Gasteiger partial charge in [0.15, 0.2) is 5.09 Å². The molecule has 1 aliphatic heterocycles. The number of furan rings is 1. The van der Waals surface area contributed by atoms with Crippen LogP contribution in [-0.2, 0) is 4.79 Å². The number of aromatic nitrogens is 1. The minimum atomic E-state index is -0.824. The van der Waals surface area contributed by atoms with Crippen molar-refractivity contribution < 1.29 is 14.3 Å². The summed E-state index contributed by atoms with van der Waals surface area (Å²) in [6.07, 6.45) is 1.73. The summed E-state index contributed by atoms with van der Waals surface area (Å²) in [6, 6.07) is 8.94. The average molecular weight is 308 g/mol. The van der Waals surface area contributed by atoms with Crippen molar-refractivity contribution in [2.75, 3.05) is 5.75 Å². The van der Waals surface area contributed by atoms with E-state index in [2.05, 4.69) is 10.3 Å². The minimum Gasteiger partial charge on any atom is -0.480 e. The van der Waals surface area contributed by atoms with E-state index in [1.807, 2.05) is 30.3 Å². The van der Waals surface area contributed by atoms with Crippen molar-refractivity contribution in [1.82, 2.24) is 10.3 Å². The molecule has 0 aliphatic carbocycles. The van der Waals surface area contributed by atoms with Crippen LogP contribution in [0.4, 0.5) is 0 Å². The van der Waals surface area contributed by atoms with E-state index >= 15 is 0 Å². The summed E-state index contributed by atoms with van der Waals surface area (Å²) < 4.78 is 5.75. The van der Waals surface area contributed by atoms with E-state index < -0.39 is 12.0 Å². The Balaban J connectivity index is 1.67. The van der Waals surface area contributed by atoms with Crippen LogP contribution in [0.25, 0.3) is 0 Å². The number of carbonyl (C=O) groups is 1. The Bertz CT molecular complexity index is 603. The Morgan fingerprint density at radius 1 is 1.45 bits per heavy atom. The first-order chi connectivity index (χ1) is 9.72. The molecule has 1 fully saturated rings. The first-order valence-electron chi connectivity index (χ1n) is 6.01.